The average Bonchev–Trinajstić information content (AvgIpc) is 2.93. The van der Waals surface area contributed by atoms with Crippen LogP contribution < -0.4 is 4.74 Å². The Balaban J connectivity index is 1.85. The number of esters is 1. The molecule has 1 unspecified atom stereocenters. The second kappa shape index (κ2) is 10.2. The van der Waals surface area contributed by atoms with Gasteiger partial charge in [0.1, 0.15) is 12.0 Å². The van der Waals surface area contributed by atoms with E-state index in [0.717, 1.165) is 23.2 Å². The number of rotatable bonds is 10. The fraction of sp³-hybridized carbons (Fsp3) is 0.556. The standard InChI is InChI=1S/C27H38O6Si/c1-19(29)32-27-14-12-21(18-31-17-20-8-10-23(30-5)11-9-20)24(16-22(27)13-15-28)25(27)33-34(6,7)26(2,3)4/h8-12,14-16,21,24-25H,13,17-18H2,1-7H3/t21-,24+,25?,27-/m0/s1. The maximum atomic E-state index is 12.2. The van der Waals surface area contributed by atoms with Gasteiger partial charge in [-0.1, -0.05) is 45.1 Å². The minimum Gasteiger partial charge on any atom is -0.497 e. The third-order valence-electron chi connectivity index (χ3n) is 7.33. The first kappa shape index (κ1) is 26.4. The summed E-state index contributed by atoms with van der Waals surface area (Å²) in [4.78, 5) is 23.7. The molecule has 0 N–H and O–H groups in total. The van der Waals surface area contributed by atoms with Crippen molar-refractivity contribution in [3.8, 4) is 5.75 Å². The molecular formula is C27H38O6Si. The number of hydrogen-bond acceptors (Lipinski definition) is 6. The van der Waals surface area contributed by atoms with Gasteiger partial charge >= 0.3 is 5.97 Å². The van der Waals surface area contributed by atoms with E-state index in [4.69, 9.17) is 18.6 Å². The summed E-state index contributed by atoms with van der Waals surface area (Å²) in [7, 11) is -0.563. The van der Waals surface area contributed by atoms with Gasteiger partial charge in [-0.25, -0.2) is 0 Å². The highest BCUT2D eigenvalue weighted by Crippen LogP contribution is 2.51. The average molecular weight is 487 g/mol. The largest absolute Gasteiger partial charge is 0.497 e. The molecule has 0 saturated carbocycles. The number of methoxy groups -OCH3 is 1. The van der Waals surface area contributed by atoms with Crippen LogP contribution in [0.25, 0.3) is 0 Å². The van der Waals surface area contributed by atoms with Crippen LogP contribution in [0.4, 0.5) is 0 Å². The number of fused-ring (bicyclic) bond motifs is 2. The van der Waals surface area contributed by atoms with Crippen molar-refractivity contribution >= 4 is 20.6 Å². The lowest BCUT2D eigenvalue weighted by molar-refractivity contribution is -0.159. The predicted molar refractivity (Wildman–Crippen MR) is 134 cm³/mol. The Bertz CT molecular complexity index is 943. The molecule has 1 aromatic rings. The second-order valence-electron chi connectivity index (χ2n) is 10.7. The van der Waals surface area contributed by atoms with E-state index in [2.05, 4.69) is 46.0 Å². The molecule has 2 aliphatic carbocycles. The first-order valence-corrected chi connectivity index (χ1v) is 14.8. The molecule has 6 nitrogen and oxygen atoms in total. The smallest absolute Gasteiger partial charge is 0.303 e. The van der Waals surface area contributed by atoms with Crippen LogP contribution in [0.5, 0.6) is 5.75 Å². The zero-order valence-corrected chi connectivity index (χ0v) is 22.4. The summed E-state index contributed by atoms with van der Waals surface area (Å²) in [5.41, 5.74) is 0.812. The lowest BCUT2D eigenvalue weighted by atomic mass is 9.78. The molecule has 2 bridgehead atoms. The molecule has 34 heavy (non-hydrogen) atoms. The Morgan fingerprint density at radius 1 is 1.18 bits per heavy atom. The van der Waals surface area contributed by atoms with E-state index in [1.165, 1.54) is 6.92 Å². The van der Waals surface area contributed by atoms with Gasteiger partial charge in [0.15, 0.2) is 13.9 Å². The van der Waals surface area contributed by atoms with Gasteiger partial charge < -0.3 is 23.4 Å². The Hall–Kier alpha value is -2.22. The van der Waals surface area contributed by atoms with E-state index in [0.29, 0.717) is 13.2 Å². The lowest BCUT2D eigenvalue weighted by Gasteiger charge is -2.47. The van der Waals surface area contributed by atoms with E-state index >= 15 is 0 Å². The molecule has 0 aromatic heterocycles. The molecule has 0 radical (unpaired) electrons. The van der Waals surface area contributed by atoms with Crippen molar-refractivity contribution in [2.75, 3.05) is 13.7 Å². The normalized spacial score (nSPS) is 26.2. The molecule has 7 heteroatoms. The maximum Gasteiger partial charge on any atom is 0.303 e. The molecule has 0 spiro atoms. The Labute approximate surface area is 204 Å². The summed E-state index contributed by atoms with van der Waals surface area (Å²) >= 11 is 0. The topological polar surface area (TPSA) is 71.1 Å². The van der Waals surface area contributed by atoms with Crippen LogP contribution in [0, 0.1) is 11.8 Å². The molecule has 0 fully saturated rings. The minimum absolute atomic E-state index is 0.0177. The highest BCUT2D eigenvalue weighted by molar-refractivity contribution is 6.74. The van der Waals surface area contributed by atoms with Crippen LogP contribution in [-0.4, -0.2) is 46.0 Å². The van der Waals surface area contributed by atoms with Gasteiger partial charge in [0.2, 0.25) is 0 Å². The highest BCUT2D eigenvalue weighted by atomic mass is 28.4. The number of ether oxygens (including phenoxy) is 3. The van der Waals surface area contributed by atoms with Crippen LogP contribution in [0.1, 0.15) is 39.7 Å². The van der Waals surface area contributed by atoms with Crippen molar-refractivity contribution in [1.29, 1.82) is 0 Å². The van der Waals surface area contributed by atoms with Crippen LogP contribution >= 0.6 is 0 Å². The van der Waals surface area contributed by atoms with E-state index in [9.17, 15) is 9.59 Å². The van der Waals surface area contributed by atoms with Gasteiger partial charge in [-0.2, -0.15) is 0 Å². The van der Waals surface area contributed by atoms with Crippen molar-refractivity contribution in [2.24, 2.45) is 11.8 Å². The Morgan fingerprint density at radius 3 is 2.41 bits per heavy atom. The first-order valence-electron chi connectivity index (χ1n) is 11.9. The predicted octanol–water partition coefficient (Wildman–Crippen LogP) is 5.24. The van der Waals surface area contributed by atoms with Gasteiger partial charge in [0, 0.05) is 25.2 Å². The first-order chi connectivity index (χ1) is 15.9. The molecule has 3 rings (SSSR count). The van der Waals surface area contributed by atoms with Crippen molar-refractivity contribution in [3.05, 3.63) is 53.6 Å². The minimum atomic E-state index is -2.21. The van der Waals surface area contributed by atoms with E-state index in [1.54, 1.807) is 7.11 Å². The molecule has 0 aliphatic heterocycles. The van der Waals surface area contributed by atoms with Crippen LogP contribution in [0.15, 0.2) is 48.1 Å². The van der Waals surface area contributed by atoms with Crippen molar-refractivity contribution in [3.63, 3.8) is 0 Å². The number of benzene rings is 1. The maximum absolute atomic E-state index is 12.2. The van der Waals surface area contributed by atoms with Crippen LogP contribution in [0.3, 0.4) is 0 Å². The van der Waals surface area contributed by atoms with E-state index < -0.39 is 13.9 Å². The molecule has 0 amide bonds. The fourth-order valence-corrected chi connectivity index (χ4v) is 5.76. The van der Waals surface area contributed by atoms with Crippen molar-refractivity contribution in [1.82, 2.24) is 0 Å². The van der Waals surface area contributed by atoms with Gasteiger partial charge in [-0.3, -0.25) is 4.79 Å². The Kier molecular flexibility index (Phi) is 7.90. The van der Waals surface area contributed by atoms with Gasteiger partial charge in [0.05, 0.1) is 26.4 Å². The summed E-state index contributed by atoms with van der Waals surface area (Å²) < 4.78 is 24.2. The third-order valence-corrected chi connectivity index (χ3v) is 11.8. The summed E-state index contributed by atoms with van der Waals surface area (Å²) in [5, 5.41) is -0.0177. The zero-order chi connectivity index (χ0) is 25.1. The number of carbonyl (C=O) groups is 2. The fourth-order valence-electron chi connectivity index (χ4n) is 4.44. The summed E-state index contributed by atoms with van der Waals surface area (Å²) in [6.07, 6.45) is 6.74. The third kappa shape index (κ3) is 5.37. The molecule has 0 heterocycles. The number of aldehydes is 1. The number of hydrogen-bond donors (Lipinski definition) is 0. The van der Waals surface area contributed by atoms with Crippen molar-refractivity contribution in [2.45, 2.75) is 70.6 Å². The zero-order valence-electron chi connectivity index (χ0n) is 21.4. The molecule has 1 aromatic carbocycles. The van der Waals surface area contributed by atoms with Crippen LogP contribution in [0.2, 0.25) is 18.1 Å². The Morgan fingerprint density at radius 2 is 1.85 bits per heavy atom. The van der Waals surface area contributed by atoms with E-state index in [1.807, 2.05) is 30.3 Å². The second-order valence-corrected chi connectivity index (χ2v) is 15.5. The monoisotopic (exact) mass is 486 g/mol. The molecule has 4 atom stereocenters. The number of carbonyl (C=O) groups excluding carboxylic acids is 2. The van der Waals surface area contributed by atoms with E-state index in [-0.39, 0.29) is 35.4 Å². The van der Waals surface area contributed by atoms with Crippen molar-refractivity contribution < 1.29 is 28.2 Å². The SMILES string of the molecule is COc1ccc(COC[C@@H]2C=C[C@]3(OC(C)=O)C(CC=O)=C[C@H]2C3O[Si](C)(C)C(C)(C)C)cc1. The van der Waals surface area contributed by atoms with Gasteiger partial charge in [-0.05, 0) is 47.5 Å². The quantitative estimate of drug-likeness (QED) is 0.195. The summed E-state index contributed by atoms with van der Waals surface area (Å²) in [5.74, 6) is 0.412. The summed E-state index contributed by atoms with van der Waals surface area (Å²) in [6.45, 7) is 13.3. The molecular weight excluding hydrogens is 448 g/mol. The lowest BCUT2D eigenvalue weighted by Crippen LogP contribution is -2.56. The summed E-state index contributed by atoms with van der Waals surface area (Å²) in [6, 6.07) is 7.81. The molecule has 2 aliphatic rings. The van der Waals surface area contributed by atoms with Crippen LogP contribution in [-0.2, 0) is 30.1 Å². The molecule has 186 valence electrons. The van der Waals surface area contributed by atoms with Gasteiger partial charge in [0.25, 0.3) is 0 Å². The van der Waals surface area contributed by atoms with Gasteiger partial charge in [-0.15, -0.1) is 0 Å². The highest BCUT2D eigenvalue weighted by Gasteiger charge is 2.58. The molecule has 0 saturated heterocycles.